The minimum Gasteiger partial charge on any atom is -0.387 e. The molecule has 14 heteroatoms. The van der Waals surface area contributed by atoms with Crippen molar-refractivity contribution in [2.45, 2.75) is 24.5 Å². The standard InChI is InChI=1S/C10H13IN5O7P/c11-10-14-7(12)4-8(15-10)16(2-13-4)9-6(18)5(17)3(23-9)1-22-24(19,20)21/h2-3,5-6,9,17-18H,1H2,(H2,12,14,15)(H2,19,20,21)/t3-,5?,6?,9-/m1/s1. The number of hydrogen-bond donors (Lipinski definition) is 5. The lowest BCUT2D eigenvalue weighted by atomic mass is 10.1. The molecule has 2 unspecified atom stereocenters. The normalized spacial score (nSPS) is 27.9. The van der Waals surface area contributed by atoms with E-state index in [2.05, 4.69) is 19.5 Å². The van der Waals surface area contributed by atoms with Crippen molar-refractivity contribution in [1.82, 2.24) is 19.5 Å². The summed E-state index contributed by atoms with van der Waals surface area (Å²) in [5, 5.41) is 20.2. The Kier molecular flexibility index (Phi) is 4.78. The summed E-state index contributed by atoms with van der Waals surface area (Å²) in [5.41, 5.74) is 6.36. The van der Waals surface area contributed by atoms with Crippen molar-refractivity contribution in [2.75, 3.05) is 12.3 Å². The van der Waals surface area contributed by atoms with E-state index in [4.69, 9.17) is 20.3 Å². The minimum absolute atomic E-state index is 0.151. The second-order valence-electron chi connectivity index (χ2n) is 5.03. The average Bonchev–Trinajstić information content (AvgIpc) is 3.00. The van der Waals surface area contributed by atoms with Gasteiger partial charge in [0.05, 0.1) is 12.9 Å². The third-order valence-electron chi connectivity index (χ3n) is 3.44. The quantitative estimate of drug-likeness (QED) is 0.203. The van der Waals surface area contributed by atoms with E-state index in [1.807, 2.05) is 22.6 Å². The van der Waals surface area contributed by atoms with Crippen molar-refractivity contribution < 1.29 is 33.8 Å². The van der Waals surface area contributed by atoms with Crippen molar-refractivity contribution in [2.24, 2.45) is 0 Å². The summed E-state index contributed by atoms with van der Waals surface area (Å²) in [6.07, 6.45) is -3.72. The summed E-state index contributed by atoms with van der Waals surface area (Å²) in [7, 11) is -4.73. The molecule has 1 saturated heterocycles. The summed E-state index contributed by atoms with van der Waals surface area (Å²) in [4.78, 5) is 29.6. The van der Waals surface area contributed by atoms with Gasteiger partial charge in [-0.05, 0) is 0 Å². The Labute approximate surface area is 148 Å². The topological polar surface area (TPSA) is 186 Å². The van der Waals surface area contributed by atoms with E-state index in [1.165, 1.54) is 10.9 Å². The Morgan fingerprint density at radius 1 is 1.38 bits per heavy atom. The van der Waals surface area contributed by atoms with E-state index in [9.17, 15) is 14.8 Å². The number of halogens is 1. The van der Waals surface area contributed by atoms with Crippen LogP contribution in [0.1, 0.15) is 6.23 Å². The Morgan fingerprint density at radius 2 is 2.08 bits per heavy atom. The number of phosphoric ester groups is 1. The fraction of sp³-hybridized carbons (Fsp3) is 0.500. The predicted molar refractivity (Wildman–Crippen MR) is 86.4 cm³/mol. The minimum atomic E-state index is -4.73. The lowest BCUT2D eigenvalue weighted by Crippen LogP contribution is -2.33. The summed E-state index contributed by atoms with van der Waals surface area (Å²) >= 11 is 1.86. The Balaban J connectivity index is 1.89. The van der Waals surface area contributed by atoms with Crippen molar-refractivity contribution in [3.63, 3.8) is 0 Å². The van der Waals surface area contributed by atoms with Crippen LogP contribution in [0.15, 0.2) is 6.33 Å². The number of hydrogen-bond acceptors (Lipinski definition) is 9. The van der Waals surface area contributed by atoms with Crippen LogP contribution in [-0.4, -0.2) is 64.4 Å². The molecule has 2 aromatic rings. The molecule has 4 atom stereocenters. The number of nitrogens with two attached hydrogens (primary N) is 1. The van der Waals surface area contributed by atoms with Crippen LogP contribution >= 0.6 is 30.4 Å². The molecule has 0 spiro atoms. The molecule has 0 aromatic carbocycles. The van der Waals surface area contributed by atoms with E-state index in [-0.39, 0.29) is 5.82 Å². The smallest absolute Gasteiger partial charge is 0.387 e. The molecular formula is C10H13IN5O7P. The van der Waals surface area contributed by atoms with Crippen LogP contribution in [0.25, 0.3) is 11.2 Å². The fourth-order valence-corrected chi connectivity index (χ4v) is 3.19. The van der Waals surface area contributed by atoms with Gasteiger partial charge in [0.1, 0.15) is 23.8 Å². The first-order valence-electron chi connectivity index (χ1n) is 6.54. The van der Waals surface area contributed by atoms with Crippen LogP contribution in [0, 0.1) is 3.83 Å². The molecule has 1 aliphatic rings. The molecule has 0 amide bonds. The summed E-state index contributed by atoms with van der Waals surface area (Å²) in [6.45, 7) is -0.597. The maximum atomic E-state index is 10.8. The lowest BCUT2D eigenvalue weighted by Gasteiger charge is -2.16. The summed E-state index contributed by atoms with van der Waals surface area (Å²) in [5.74, 6) is 0.151. The van der Waals surface area contributed by atoms with E-state index in [0.717, 1.165) is 0 Å². The van der Waals surface area contributed by atoms with Gasteiger partial charge in [-0.1, -0.05) is 0 Å². The van der Waals surface area contributed by atoms with Gasteiger partial charge in [-0.25, -0.2) is 19.5 Å². The molecule has 2 aromatic heterocycles. The molecule has 0 radical (unpaired) electrons. The molecule has 132 valence electrons. The van der Waals surface area contributed by atoms with Crippen LogP contribution in [0.4, 0.5) is 5.82 Å². The van der Waals surface area contributed by atoms with Crippen LogP contribution in [0.3, 0.4) is 0 Å². The molecule has 3 rings (SSSR count). The van der Waals surface area contributed by atoms with Crippen LogP contribution in [0.5, 0.6) is 0 Å². The van der Waals surface area contributed by atoms with Crippen LogP contribution < -0.4 is 5.73 Å². The number of imidazole rings is 1. The van der Waals surface area contributed by atoms with Crippen molar-refractivity contribution in [1.29, 1.82) is 0 Å². The van der Waals surface area contributed by atoms with Crippen molar-refractivity contribution in [3.8, 4) is 0 Å². The van der Waals surface area contributed by atoms with Gasteiger partial charge < -0.3 is 30.5 Å². The summed E-state index contributed by atoms with van der Waals surface area (Å²) < 4.78 is 22.3. The van der Waals surface area contributed by atoms with Crippen molar-refractivity contribution in [3.05, 3.63) is 10.2 Å². The van der Waals surface area contributed by atoms with Gasteiger partial charge in [0, 0.05) is 22.6 Å². The van der Waals surface area contributed by atoms with E-state index in [1.54, 1.807) is 0 Å². The Bertz CT molecular complexity index is 812. The zero-order valence-electron chi connectivity index (χ0n) is 11.8. The first-order valence-corrected chi connectivity index (χ1v) is 9.15. The highest BCUT2D eigenvalue weighted by Gasteiger charge is 2.45. The lowest BCUT2D eigenvalue weighted by molar-refractivity contribution is -0.0504. The second kappa shape index (κ2) is 6.42. The molecule has 0 aliphatic carbocycles. The number of nitrogens with zero attached hydrogens (tertiary/aromatic N) is 4. The molecule has 0 bridgehead atoms. The number of nitrogen functional groups attached to an aromatic ring is 1. The number of aromatic nitrogens is 4. The van der Waals surface area contributed by atoms with Gasteiger partial charge in [-0.3, -0.25) is 9.09 Å². The maximum absolute atomic E-state index is 10.8. The first-order chi connectivity index (χ1) is 11.2. The van der Waals surface area contributed by atoms with Gasteiger partial charge in [0.25, 0.3) is 0 Å². The largest absolute Gasteiger partial charge is 0.469 e. The molecular weight excluding hydrogens is 460 g/mol. The van der Waals surface area contributed by atoms with Gasteiger partial charge in [-0.15, -0.1) is 0 Å². The van der Waals surface area contributed by atoms with E-state index in [0.29, 0.717) is 15.0 Å². The molecule has 1 aliphatic heterocycles. The maximum Gasteiger partial charge on any atom is 0.469 e. The van der Waals surface area contributed by atoms with Gasteiger partial charge in [0.15, 0.2) is 21.5 Å². The Hall–Kier alpha value is -0.930. The summed E-state index contributed by atoms with van der Waals surface area (Å²) in [6, 6.07) is 0. The molecule has 0 saturated carbocycles. The molecule has 6 N–H and O–H groups in total. The van der Waals surface area contributed by atoms with Gasteiger partial charge >= 0.3 is 7.82 Å². The number of aliphatic hydroxyl groups is 2. The molecule has 12 nitrogen and oxygen atoms in total. The van der Waals surface area contributed by atoms with E-state index >= 15 is 0 Å². The highest BCUT2D eigenvalue weighted by atomic mass is 127. The monoisotopic (exact) mass is 473 g/mol. The number of ether oxygens (including phenoxy) is 1. The number of fused-ring (bicyclic) bond motifs is 1. The number of aliphatic hydroxyl groups excluding tert-OH is 2. The number of rotatable bonds is 4. The second-order valence-corrected chi connectivity index (χ2v) is 7.24. The van der Waals surface area contributed by atoms with E-state index < -0.39 is 39.0 Å². The van der Waals surface area contributed by atoms with Gasteiger partial charge in [-0.2, -0.15) is 0 Å². The Morgan fingerprint density at radius 3 is 2.75 bits per heavy atom. The number of phosphoric acid groups is 1. The molecule has 1 fully saturated rings. The fourth-order valence-electron chi connectivity index (χ4n) is 2.36. The zero-order chi connectivity index (χ0) is 17.6. The molecule has 24 heavy (non-hydrogen) atoms. The zero-order valence-corrected chi connectivity index (χ0v) is 14.9. The molecule has 3 heterocycles. The van der Waals surface area contributed by atoms with Gasteiger partial charge in [0.2, 0.25) is 0 Å². The third-order valence-corrected chi connectivity index (χ3v) is 4.41. The van der Waals surface area contributed by atoms with Crippen LogP contribution in [-0.2, 0) is 13.8 Å². The SMILES string of the molecule is Nc1nc(I)nc2c1ncn2[C@@H]1O[C@H](COP(=O)(O)O)C(O)C1O. The first kappa shape index (κ1) is 17.9. The highest BCUT2D eigenvalue weighted by molar-refractivity contribution is 14.1. The average molecular weight is 473 g/mol. The third kappa shape index (κ3) is 3.39. The highest BCUT2D eigenvalue weighted by Crippen LogP contribution is 2.38. The number of anilines is 1. The van der Waals surface area contributed by atoms with Crippen molar-refractivity contribution >= 4 is 47.4 Å². The predicted octanol–water partition coefficient (Wildman–Crippen LogP) is -1.26. The van der Waals surface area contributed by atoms with Crippen LogP contribution in [0.2, 0.25) is 0 Å².